The molecule has 0 saturated heterocycles. The molecule has 1 fully saturated rings. The molecule has 0 aliphatic heterocycles. The van der Waals surface area contributed by atoms with Crippen molar-refractivity contribution in [3.05, 3.63) is 21.5 Å². The van der Waals surface area contributed by atoms with Gasteiger partial charge in [-0.25, -0.2) is 0 Å². The number of rotatable bonds is 5. The molecule has 0 radical (unpaired) electrons. The fraction of sp³-hybridized carbons (Fsp3) is 0.722. The van der Waals surface area contributed by atoms with Gasteiger partial charge in [0.1, 0.15) is 6.79 Å². The van der Waals surface area contributed by atoms with Crippen LogP contribution in [0, 0.1) is 0 Å². The van der Waals surface area contributed by atoms with E-state index < -0.39 is 16.1 Å². The highest BCUT2D eigenvalue weighted by molar-refractivity contribution is 6.94. The van der Waals surface area contributed by atoms with Gasteiger partial charge in [-0.1, -0.05) is 39.3 Å². The Balaban J connectivity index is 2.49. The zero-order valence-electron chi connectivity index (χ0n) is 15.8. The minimum absolute atomic E-state index is 0.183. The maximum absolute atomic E-state index is 13.3. The largest absolute Gasteiger partial charge is 0.359 e. The Bertz CT molecular complexity index is 548. The SMILES string of the molecule is COCOC1CCCC2=C([Si](C)(C)C)C(=O)C([Si](C)(C)C)=C2C1. The minimum Gasteiger partial charge on any atom is -0.359 e. The van der Waals surface area contributed by atoms with Crippen molar-refractivity contribution in [2.75, 3.05) is 13.9 Å². The van der Waals surface area contributed by atoms with Crippen LogP contribution in [-0.4, -0.2) is 41.9 Å². The molecular formula is C18H32O3Si2. The van der Waals surface area contributed by atoms with Crippen LogP contribution >= 0.6 is 0 Å². The molecule has 0 bridgehead atoms. The second-order valence-corrected chi connectivity index (χ2v) is 18.8. The quantitative estimate of drug-likeness (QED) is 0.540. The second kappa shape index (κ2) is 6.78. The molecule has 0 aromatic rings. The van der Waals surface area contributed by atoms with Gasteiger partial charge in [0.2, 0.25) is 0 Å². The molecule has 1 saturated carbocycles. The summed E-state index contributed by atoms with van der Waals surface area (Å²) in [7, 11) is -1.65. The molecule has 0 spiro atoms. The molecule has 2 aliphatic carbocycles. The van der Waals surface area contributed by atoms with Crippen LogP contribution in [0.1, 0.15) is 25.7 Å². The number of carbonyl (C=O) groups is 1. The van der Waals surface area contributed by atoms with Gasteiger partial charge < -0.3 is 9.47 Å². The summed E-state index contributed by atoms with van der Waals surface area (Å²) < 4.78 is 11.0. The molecule has 1 atom stereocenters. The van der Waals surface area contributed by atoms with Gasteiger partial charge in [-0.3, -0.25) is 4.79 Å². The standard InChI is InChI=1S/C18H32O3Si2/c1-20-12-21-13-9-8-10-14-15(11-13)18(23(5,6)7)16(19)17(14)22(2,3)4/h13H,8-12H2,1-7H3. The van der Waals surface area contributed by atoms with E-state index in [1.807, 2.05) is 0 Å². The van der Waals surface area contributed by atoms with Gasteiger partial charge in [-0.2, -0.15) is 0 Å². The fourth-order valence-corrected chi connectivity index (χ4v) is 8.01. The van der Waals surface area contributed by atoms with E-state index in [0.29, 0.717) is 12.6 Å². The average Bonchev–Trinajstić information content (AvgIpc) is 2.54. The Morgan fingerprint density at radius 2 is 1.57 bits per heavy atom. The van der Waals surface area contributed by atoms with Gasteiger partial charge in [0.25, 0.3) is 0 Å². The van der Waals surface area contributed by atoms with Gasteiger partial charge in [-0.15, -0.1) is 0 Å². The number of methoxy groups -OCH3 is 1. The Morgan fingerprint density at radius 3 is 2.09 bits per heavy atom. The number of carbonyl (C=O) groups excluding carboxylic acids is 1. The zero-order valence-corrected chi connectivity index (χ0v) is 17.8. The second-order valence-electron chi connectivity index (χ2n) is 8.83. The molecule has 0 heterocycles. The van der Waals surface area contributed by atoms with Crippen LogP contribution in [0.15, 0.2) is 21.5 Å². The zero-order chi connectivity index (χ0) is 17.4. The van der Waals surface area contributed by atoms with E-state index in [4.69, 9.17) is 9.47 Å². The number of Topliss-reactive ketones (excluding diaryl/α,β-unsaturated/α-hetero) is 1. The third kappa shape index (κ3) is 3.95. The first-order valence-corrected chi connectivity index (χ1v) is 15.7. The summed E-state index contributed by atoms with van der Waals surface area (Å²) in [6.07, 6.45) is 4.28. The van der Waals surface area contributed by atoms with Crippen LogP contribution in [0.4, 0.5) is 0 Å². The van der Waals surface area contributed by atoms with E-state index in [1.54, 1.807) is 7.11 Å². The van der Waals surface area contributed by atoms with Gasteiger partial charge in [-0.05, 0) is 47.2 Å². The highest BCUT2D eigenvalue weighted by Gasteiger charge is 2.43. The van der Waals surface area contributed by atoms with Crippen molar-refractivity contribution in [2.24, 2.45) is 0 Å². The van der Waals surface area contributed by atoms with E-state index in [9.17, 15) is 4.79 Å². The molecule has 130 valence electrons. The number of fused-ring (bicyclic) bond motifs is 1. The maximum Gasteiger partial charge on any atom is 0.177 e. The topological polar surface area (TPSA) is 35.5 Å². The molecule has 1 unspecified atom stereocenters. The predicted octanol–water partition coefficient (Wildman–Crippen LogP) is 4.48. The summed E-state index contributed by atoms with van der Waals surface area (Å²) in [4.78, 5) is 13.3. The van der Waals surface area contributed by atoms with Crippen molar-refractivity contribution in [1.29, 1.82) is 0 Å². The summed E-state index contributed by atoms with van der Waals surface area (Å²) in [5.74, 6) is 0.390. The minimum atomic E-state index is -1.68. The normalized spacial score (nSPS) is 23.4. The van der Waals surface area contributed by atoms with Crippen LogP contribution in [0.5, 0.6) is 0 Å². The third-order valence-electron chi connectivity index (χ3n) is 4.73. The van der Waals surface area contributed by atoms with Crippen LogP contribution in [0.2, 0.25) is 39.3 Å². The van der Waals surface area contributed by atoms with Gasteiger partial charge in [0, 0.05) is 7.11 Å². The van der Waals surface area contributed by atoms with E-state index in [2.05, 4.69) is 39.3 Å². The molecule has 0 aromatic heterocycles. The Kier molecular flexibility index (Phi) is 5.56. The van der Waals surface area contributed by atoms with E-state index in [1.165, 1.54) is 21.5 Å². The maximum atomic E-state index is 13.3. The molecule has 2 rings (SSSR count). The summed E-state index contributed by atoms with van der Waals surface area (Å²) in [6.45, 7) is 14.2. The molecule has 0 N–H and O–H groups in total. The number of allylic oxidation sites excluding steroid dienone is 3. The number of ketones is 1. The molecular weight excluding hydrogens is 320 g/mol. The summed E-state index contributed by atoms with van der Waals surface area (Å²) in [6, 6.07) is 0. The molecule has 3 nitrogen and oxygen atoms in total. The van der Waals surface area contributed by atoms with E-state index >= 15 is 0 Å². The first-order valence-electron chi connectivity index (χ1n) is 8.70. The van der Waals surface area contributed by atoms with Crippen molar-refractivity contribution < 1.29 is 14.3 Å². The monoisotopic (exact) mass is 352 g/mol. The smallest absolute Gasteiger partial charge is 0.177 e. The highest BCUT2D eigenvalue weighted by atomic mass is 28.3. The fourth-order valence-electron chi connectivity index (χ4n) is 3.93. The van der Waals surface area contributed by atoms with Crippen molar-refractivity contribution in [2.45, 2.75) is 71.1 Å². The summed E-state index contributed by atoms with van der Waals surface area (Å²) in [5.41, 5.74) is 2.75. The Morgan fingerprint density at radius 1 is 1.00 bits per heavy atom. The average molecular weight is 353 g/mol. The first-order chi connectivity index (χ1) is 10.6. The van der Waals surface area contributed by atoms with E-state index in [-0.39, 0.29) is 6.10 Å². The third-order valence-corrected chi connectivity index (χ3v) is 8.79. The molecule has 5 heteroatoms. The lowest BCUT2D eigenvalue weighted by atomic mass is 10.0. The Labute approximate surface area is 143 Å². The molecule has 0 amide bonds. The Hall–Kier alpha value is -0.496. The van der Waals surface area contributed by atoms with Crippen LogP contribution in [0.3, 0.4) is 0 Å². The van der Waals surface area contributed by atoms with E-state index in [0.717, 1.165) is 25.7 Å². The van der Waals surface area contributed by atoms with Gasteiger partial charge in [0.05, 0.1) is 22.3 Å². The highest BCUT2D eigenvalue weighted by Crippen LogP contribution is 2.44. The number of hydrogen-bond donors (Lipinski definition) is 0. The van der Waals surface area contributed by atoms with Crippen molar-refractivity contribution in [3.63, 3.8) is 0 Å². The van der Waals surface area contributed by atoms with Crippen molar-refractivity contribution in [3.8, 4) is 0 Å². The summed E-state index contributed by atoms with van der Waals surface area (Å²) in [5, 5.41) is 2.38. The van der Waals surface area contributed by atoms with Gasteiger partial charge >= 0.3 is 0 Å². The number of ether oxygens (including phenoxy) is 2. The lowest BCUT2D eigenvalue weighted by molar-refractivity contribution is -0.111. The van der Waals surface area contributed by atoms with Crippen LogP contribution in [0.25, 0.3) is 0 Å². The van der Waals surface area contributed by atoms with Crippen molar-refractivity contribution in [1.82, 2.24) is 0 Å². The lowest BCUT2D eigenvalue weighted by Gasteiger charge is -2.23. The molecule has 23 heavy (non-hydrogen) atoms. The van der Waals surface area contributed by atoms with Gasteiger partial charge in [0.15, 0.2) is 5.78 Å². The predicted molar refractivity (Wildman–Crippen MR) is 101 cm³/mol. The molecule has 0 aromatic carbocycles. The molecule has 2 aliphatic rings. The van der Waals surface area contributed by atoms with Crippen LogP contribution in [-0.2, 0) is 14.3 Å². The summed E-state index contributed by atoms with van der Waals surface area (Å²) >= 11 is 0. The van der Waals surface area contributed by atoms with Crippen molar-refractivity contribution >= 4 is 21.9 Å². The van der Waals surface area contributed by atoms with Crippen LogP contribution < -0.4 is 0 Å². The number of hydrogen-bond acceptors (Lipinski definition) is 3. The lowest BCUT2D eigenvalue weighted by Crippen LogP contribution is -2.35. The first kappa shape index (κ1) is 18.8.